The summed E-state index contributed by atoms with van der Waals surface area (Å²) >= 11 is 0. The molecule has 2 fully saturated rings. The van der Waals surface area contributed by atoms with Crippen molar-refractivity contribution in [3.63, 3.8) is 0 Å². The van der Waals surface area contributed by atoms with Crippen LogP contribution in [0.4, 0.5) is 0 Å². The first kappa shape index (κ1) is 34.5. The fourth-order valence-corrected chi connectivity index (χ4v) is 10.8. The Hall–Kier alpha value is 0.274. The third-order valence-electron chi connectivity index (χ3n) is 10.4. The summed E-state index contributed by atoms with van der Waals surface area (Å²) in [6.45, 7) is 29.1. The van der Waals surface area contributed by atoms with Crippen LogP contribution >= 0.6 is 0 Å². The minimum atomic E-state index is -1.84. The average molecular weight is 571 g/mol. The average Bonchev–Trinajstić information content (AvgIpc) is 3.04. The molecule has 2 rings (SSSR count). The second-order valence-electron chi connectivity index (χ2n) is 16.9. The highest BCUT2D eigenvalue weighted by molar-refractivity contribution is 6.74. The van der Waals surface area contributed by atoms with Gasteiger partial charge in [-0.05, 0) is 127 Å². The Morgan fingerprint density at radius 2 is 1.50 bits per heavy atom. The third-order valence-corrected chi connectivity index (χ3v) is 16.1. The van der Waals surface area contributed by atoms with Crippen molar-refractivity contribution in [3.8, 4) is 0 Å². The van der Waals surface area contributed by atoms with Gasteiger partial charge in [0.2, 0.25) is 0 Å². The molecular formula is C32H66O4Si2. The summed E-state index contributed by atoms with van der Waals surface area (Å²) in [7, 11) is -3.40. The van der Waals surface area contributed by atoms with Crippen LogP contribution in [0.25, 0.3) is 0 Å². The van der Waals surface area contributed by atoms with Gasteiger partial charge in [0, 0.05) is 6.10 Å². The highest BCUT2D eigenvalue weighted by Gasteiger charge is 2.56. The molecule has 0 radical (unpaired) electrons. The second kappa shape index (κ2) is 12.3. The molecule has 38 heavy (non-hydrogen) atoms. The predicted molar refractivity (Wildman–Crippen MR) is 168 cm³/mol. The third kappa shape index (κ3) is 8.88. The highest BCUT2D eigenvalue weighted by Crippen LogP contribution is 2.60. The van der Waals surface area contributed by atoms with Crippen LogP contribution < -0.4 is 0 Å². The van der Waals surface area contributed by atoms with Gasteiger partial charge >= 0.3 is 0 Å². The normalized spacial score (nSPS) is 29.3. The topological polar surface area (TPSA) is 58.9 Å². The van der Waals surface area contributed by atoms with Crippen LogP contribution in [0.1, 0.15) is 120 Å². The number of fused-ring (bicyclic) bond motifs is 1. The van der Waals surface area contributed by atoms with Gasteiger partial charge in [0.25, 0.3) is 0 Å². The summed E-state index contributed by atoms with van der Waals surface area (Å²) in [6.07, 6.45) is 11.0. The zero-order chi connectivity index (χ0) is 29.4. The van der Waals surface area contributed by atoms with E-state index in [-0.39, 0.29) is 22.0 Å². The molecule has 0 saturated heterocycles. The molecule has 0 aliphatic heterocycles. The molecule has 6 heteroatoms. The van der Waals surface area contributed by atoms with Gasteiger partial charge in [-0.3, -0.25) is 0 Å². The second-order valence-corrected chi connectivity index (χ2v) is 26.1. The van der Waals surface area contributed by atoms with Crippen LogP contribution in [-0.4, -0.2) is 50.3 Å². The van der Waals surface area contributed by atoms with Gasteiger partial charge in [-0.15, -0.1) is 0 Å². The highest BCUT2D eigenvalue weighted by atomic mass is 28.4. The van der Waals surface area contributed by atoms with E-state index in [1.165, 1.54) is 25.7 Å². The van der Waals surface area contributed by atoms with E-state index in [0.29, 0.717) is 17.9 Å². The molecule has 2 saturated carbocycles. The smallest absolute Gasteiger partial charge is 0.192 e. The Bertz CT molecular complexity index is 746. The molecule has 226 valence electrons. The molecule has 0 aromatic heterocycles. The summed E-state index contributed by atoms with van der Waals surface area (Å²) in [5.41, 5.74) is -0.975. The zero-order valence-electron chi connectivity index (χ0n) is 27.7. The largest absolute Gasteiger partial charge is 0.414 e. The summed E-state index contributed by atoms with van der Waals surface area (Å²) in [6, 6.07) is 0. The van der Waals surface area contributed by atoms with Crippen LogP contribution in [0.2, 0.25) is 37.8 Å². The van der Waals surface area contributed by atoms with Crippen LogP contribution in [0, 0.1) is 23.2 Å². The van der Waals surface area contributed by atoms with E-state index in [9.17, 15) is 10.2 Å². The van der Waals surface area contributed by atoms with Crippen LogP contribution in [-0.2, 0) is 8.85 Å². The molecular weight excluding hydrogens is 505 g/mol. The summed E-state index contributed by atoms with van der Waals surface area (Å²) < 4.78 is 13.5. The standard InChI is InChI=1S/C32H66O4Si2/c1-29(2,3)38(12,13)35-27-19-17-23-32(8)25(20-21-26(27)32)24(28(33)31(6,7)34)18-15-14-16-22-30(4,5)36-37(9,10)11/h24-28,33-34H,14-23H2,1-13H3/t24-,25+,26-,27?,28+,32+/m0/s1. The Morgan fingerprint density at radius 1 is 0.895 bits per heavy atom. The molecule has 4 nitrogen and oxygen atoms in total. The first-order chi connectivity index (χ1) is 17.0. The molecule has 2 aliphatic rings. The Balaban J connectivity index is 2.13. The van der Waals surface area contributed by atoms with E-state index in [2.05, 4.69) is 74.3 Å². The maximum Gasteiger partial charge on any atom is 0.192 e. The van der Waals surface area contributed by atoms with Crippen LogP contribution in [0.3, 0.4) is 0 Å². The Morgan fingerprint density at radius 3 is 2.03 bits per heavy atom. The van der Waals surface area contributed by atoms with Crippen LogP contribution in [0.15, 0.2) is 0 Å². The monoisotopic (exact) mass is 570 g/mol. The maximum atomic E-state index is 11.5. The minimum absolute atomic E-state index is 0.0656. The van der Waals surface area contributed by atoms with Crippen molar-refractivity contribution in [2.45, 2.75) is 181 Å². The van der Waals surface area contributed by atoms with Gasteiger partial charge in [-0.25, -0.2) is 0 Å². The molecule has 0 heterocycles. The fourth-order valence-electron chi connectivity index (χ4n) is 7.65. The maximum absolute atomic E-state index is 11.5. The molecule has 2 aliphatic carbocycles. The summed E-state index contributed by atoms with van der Waals surface area (Å²) in [5.74, 6) is 1.13. The lowest BCUT2D eigenvalue weighted by atomic mass is 9.59. The van der Waals surface area contributed by atoms with Crippen molar-refractivity contribution in [3.05, 3.63) is 0 Å². The van der Waals surface area contributed by atoms with Gasteiger partial charge in [-0.1, -0.05) is 53.4 Å². The van der Waals surface area contributed by atoms with Crippen LogP contribution in [0.5, 0.6) is 0 Å². The summed E-state index contributed by atoms with van der Waals surface area (Å²) in [4.78, 5) is 0. The number of hydrogen-bond donors (Lipinski definition) is 2. The Kier molecular flexibility index (Phi) is 11.1. The van der Waals surface area contributed by atoms with Gasteiger partial charge in [0.05, 0.1) is 17.3 Å². The van der Waals surface area contributed by atoms with Crippen molar-refractivity contribution in [1.82, 2.24) is 0 Å². The van der Waals surface area contributed by atoms with Gasteiger partial charge in [-0.2, -0.15) is 0 Å². The predicted octanol–water partition coefficient (Wildman–Crippen LogP) is 8.92. The van der Waals surface area contributed by atoms with Crippen molar-refractivity contribution < 1.29 is 19.1 Å². The van der Waals surface area contributed by atoms with Gasteiger partial charge in [0.1, 0.15) is 0 Å². The van der Waals surface area contributed by atoms with Crippen molar-refractivity contribution in [2.75, 3.05) is 0 Å². The van der Waals surface area contributed by atoms with Crippen molar-refractivity contribution in [2.24, 2.45) is 23.2 Å². The minimum Gasteiger partial charge on any atom is -0.414 e. The van der Waals surface area contributed by atoms with E-state index in [1.54, 1.807) is 13.8 Å². The lowest BCUT2D eigenvalue weighted by molar-refractivity contribution is -0.112. The van der Waals surface area contributed by atoms with E-state index < -0.39 is 28.3 Å². The molecule has 0 aromatic carbocycles. The number of unbranched alkanes of at least 4 members (excludes halogenated alkanes) is 2. The first-order valence-corrected chi connectivity index (χ1v) is 22.1. The van der Waals surface area contributed by atoms with Crippen molar-refractivity contribution in [1.29, 1.82) is 0 Å². The fraction of sp³-hybridized carbons (Fsp3) is 1.00. The number of aliphatic hydroxyl groups excluding tert-OH is 1. The zero-order valence-corrected chi connectivity index (χ0v) is 29.7. The molecule has 0 spiro atoms. The quantitative estimate of drug-likeness (QED) is 0.171. The van der Waals surface area contributed by atoms with E-state index >= 15 is 0 Å². The van der Waals surface area contributed by atoms with Gasteiger partial charge < -0.3 is 19.1 Å². The molecule has 0 bridgehead atoms. The molecule has 1 unspecified atom stereocenters. The summed E-state index contributed by atoms with van der Waals surface area (Å²) in [5, 5.41) is 22.6. The molecule has 0 aromatic rings. The first-order valence-electron chi connectivity index (χ1n) is 15.8. The molecule has 2 N–H and O–H groups in total. The Labute approximate surface area is 239 Å². The lowest BCUT2D eigenvalue weighted by Crippen LogP contribution is -2.52. The van der Waals surface area contributed by atoms with E-state index in [0.717, 1.165) is 38.5 Å². The molecule has 0 amide bonds. The van der Waals surface area contributed by atoms with Gasteiger partial charge in [0.15, 0.2) is 16.6 Å². The SMILES string of the molecule is CC(C)(CCCCC[C@H]([C@@H](O)C(C)(C)O)[C@H]1CC[C@H]2C(O[Si](C)(C)C(C)(C)C)CCC[C@]12C)O[Si](C)(C)C. The van der Waals surface area contributed by atoms with E-state index in [4.69, 9.17) is 8.85 Å². The number of aliphatic hydroxyl groups is 2. The van der Waals surface area contributed by atoms with E-state index in [1.807, 2.05) is 0 Å². The van der Waals surface area contributed by atoms with Crippen molar-refractivity contribution >= 4 is 16.6 Å². The number of hydrogen-bond acceptors (Lipinski definition) is 4. The molecule has 6 atom stereocenters. The lowest BCUT2D eigenvalue weighted by Gasteiger charge is -2.51. The number of rotatable bonds is 13.